The summed E-state index contributed by atoms with van der Waals surface area (Å²) in [4.78, 5) is 21.5. The number of aryl methyl sites for hydroxylation is 2. The Bertz CT molecular complexity index is 720. The lowest BCUT2D eigenvalue weighted by molar-refractivity contribution is -0.115. The minimum Gasteiger partial charge on any atom is -0.325 e. The first-order valence-electron chi connectivity index (χ1n) is 8.18. The molecule has 0 saturated carbocycles. The summed E-state index contributed by atoms with van der Waals surface area (Å²) in [7, 11) is 0. The summed E-state index contributed by atoms with van der Waals surface area (Å²) in [6.45, 7) is 12.1. The second kappa shape index (κ2) is 7.79. The van der Waals surface area contributed by atoms with Gasteiger partial charge in [-0.15, -0.1) is 0 Å². The number of aromatic nitrogens is 2. The van der Waals surface area contributed by atoms with Crippen molar-refractivity contribution in [1.82, 2.24) is 9.97 Å². The highest BCUT2D eigenvalue weighted by Crippen LogP contribution is 2.26. The van der Waals surface area contributed by atoms with E-state index in [1.807, 2.05) is 52.0 Å². The van der Waals surface area contributed by atoms with Crippen molar-refractivity contribution >= 4 is 23.4 Å². The molecule has 0 unspecified atom stereocenters. The Labute approximate surface area is 148 Å². The maximum atomic E-state index is 12.5. The molecule has 1 heterocycles. The Hall–Kier alpha value is -1.88. The molecule has 5 heteroatoms. The maximum Gasteiger partial charge on any atom is 0.237 e. The van der Waals surface area contributed by atoms with Gasteiger partial charge in [-0.05, 0) is 50.8 Å². The zero-order chi connectivity index (χ0) is 17.9. The number of nitrogens with one attached hydrogen (secondary N) is 1. The normalized spacial score (nSPS) is 12.3. The predicted octanol–water partition coefficient (Wildman–Crippen LogP) is 4.64. The van der Waals surface area contributed by atoms with Crippen LogP contribution in [0.2, 0.25) is 0 Å². The van der Waals surface area contributed by atoms with E-state index < -0.39 is 0 Å². The molecule has 1 atom stereocenters. The van der Waals surface area contributed by atoms with E-state index in [1.54, 1.807) is 0 Å². The summed E-state index contributed by atoms with van der Waals surface area (Å²) in [5.41, 5.74) is 5.04. The van der Waals surface area contributed by atoms with E-state index in [0.29, 0.717) is 11.1 Å². The Morgan fingerprint density at radius 1 is 1.04 bits per heavy atom. The van der Waals surface area contributed by atoms with Crippen LogP contribution in [0.1, 0.15) is 49.2 Å². The van der Waals surface area contributed by atoms with Gasteiger partial charge in [-0.2, -0.15) is 0 Å². The van der Waals surface area contributed by atoms with Crippen LogP contribution in [0.5, 0.6) is 0 Å². The van der Waals surface area contributed by atoms with E-state index in [1.165, 1.54) is 11.8 Å². The Morgan fingerprint density at radius 2 is 1.62 bits per heavy atom. The third-order valence-electron chi connectivity index (χ3n) is 4.10. The van der Waals surface area contributed by atoms with Gasteiger partial charge in [-0.3, -0.25) is 4.79 Å². The molecule has 1 aromatic heterocycles. The van der Waals surface area contributed by atoms with Crippen LogP contribution in [0.25, 0.3) is 0 Å². The van der Waals surface area contributed by atoms with Gasteiger partial charge < -0.3 is 5.32 Å². The number of para-hydroxylation sites is 1. The van der Waals surface area contributed by atoms with Crippen molar-refractivity contribution in [3.05, 3.63) is 46.8 Å². The van der Waals surface area contributed by atoms with Crippen LogP contribution in [-0.4, -0.2) is 21.1 Å². The molecule has 128 valence electrons. The van der Waals surface area contributed by atoms with Gasteiger partial charge in [0.05, 0.1) is 5.25 Å². The van der Waals surface area contributed by atoms with Crippen LogP contribution in [-0.2, 0) is 4.79 Å². The van der Waals surface area contributed by atoms with Crippen molar-refractivity contribution < 1.29 is 4.79 Å². The van der Waals surface area contributed by atoms with Gasteiger partial charge in [-0.1, -0.05) is 43.8 Å². The van der Waals surface area contributed by atoms with Crippen molar-refractivity contribution in [1.29, 1.82) is 0 Å². The van der Waals surface area contributed by atoms with Gasteiger partial charge in [0.15, 0.2) is 5.16 Å². The first-order valence-corrected chi connectivity index (χ1v) is 9.05. The van der Waals surface area contributed by atoms with Gasteiger partial charge in [0.2, 0.25) is 5.91 Å². The molecule has 0 aliphatic rings. The third-order valence-corrected chi connectivity index (χ3v) is 5.07. The number of carbonyl (C=O) groups excluding carboxylic acids is 1. The van der Waals surface area contributed by atoms with E-state index in [-0.39, 0.29) is 11.2 Å². The van der Waals surface area contributed by atoms with Gasteiger partial charge in [0.25, 0.3) is 0 Å². The topological polar surface area (TPSA) is 54.9 Å². The van der Waals surface area contributed by atoms with Crippen molar-refractivity contribution in [3.63, 3.8) is 0 Å². The van der Waals surface area contributed by atoms with Crippen molar-refractivity contribution in [3.8, 4) is 0 Å². The van der Waals surface area contributed by atoms with Gasteiger partial charge in [-0.25, -0.2) is 9.97 Å². The Balaban J connectivity index is 2.11. The first kappa shape index (κ1) is 18.5. The minimum atomic E-state index is -0.272. The number of benzene rings is 1. The maximum absolute atomic E-state index is 12.5. The third kappa shape index (κ3) is 4.35. The summed E-state index contributed by atoms with van der Waals surface area (Å²) in [5, 5.41) is 3.41. The van der Waals surface area contributed by atoms with Crippen LogP contribution < -0.4 is 5.32 Å². The number of rotatable bonds is 5. The van der Waals surface area contributed by atoms with Crippen LogP contribution >= 0.6 is 11.8 Å². The van der Waals surface area contributed by atoms with Crippen molar-refractivity contribution in [2.45, 2.75) is 57.9 Å². The lowest BCUT2D eigenvalue weighted by Gasteiger charge is -2.16. The average molecular weight is 343 g/mol. The first-order chi connectivity index (χ1) is 11.3. The fourth-order valence-electron chi connectivity index (χ4n) is 2.35. The molecule has 2 rings (SSSR count). The Kier molecular flexibility index (Phi) is 5.99. The predicted molar refractivity (Wildman–Crippen MR) is 101 cm³/mol. The molecule has 1 N–H and O–H groups in total. The second-order valence-electron chi connectivity index (χ2n) is 6.29. The second-order valence-corrected chi connectivity index (χ2v) is 7.60. The molecule has 2 aromatic rings. The summed E-state index contributed by atoms with van der Waals surface area (Å²) in [6.07, 6.45) is 0. The zero-order valence-electron chi connectivity index (χ0n) is 15.2. The summed E-state index contributed by atoms with van der Waals surface area (Å²) >= 11 is 1.39. The lowest BCUT2D eigenvalue weighted by atomic mass is 10.0. The highest BCUT2D eigenvalue weighted by atomic mass is 32.2. The molecule has 0 bridgehead atoms. The highest BCUT2D eigenvalue weighted by molar-refractivity contribution is 8.00. The average Bonchev–Trinajstić information content (AvgIpc) is 2.52. The van der Waals surface area contributed by atoms with Gasteiger partial charge in [0, 0.05) is 17.1 Å². The molecule has 24 heavy (non-hydrogen) atoms. The largest absolute Gasteiger partial charge is 0.325 e. The van der Waals surface area contributed by atoms with Crippen LogP contribution in [0.3, 0.4) is 0 Å². The molecule has 1 aromatic carbocycles. The zero-order valence-corrected chi connectivity index (χ0v) is 16.0. The molecule has 0 spiro atoms. The van der Waals surface area contributed by atoms with E-state index in [0.717, 1.165) is 28.2 Å². The highest BCUT2D eigenvalue weighted by Gasteiger charge is 2.18. The number of hydrogen-bond acceptors (Lipinski definition) is 4. The van der Waals surface area contributed by atoms with Crippen LogP contribution in [0.15, 0.2) is 29.4 Å². The van der Waals surface area contributed by atoms with E-state index >= 15 is 0 Å². The smallest absolute Gasteiger partial charge is 0.237 e. The fraction of sp³-hybridized carbons (Fsp3) is 0.421. The standard InChI is InChI=1S/C19H25N3OS/c1-11(2)16-9-7-8-10-17(16)22-18(23)15(6)24-19-20-13(4)12(3)14(5)21-19/h7-11,15H,1-6H3,(H,22,23)/t15-/m0/s1. The van der Waals surface area contributed by atoms with E-state index in [2.05, 4.69) is 29.1 Å². The molecule has 0 radical (unpaired) electrons. The minimum absolute atomic E-state index is 0.0346. The molecule has 1 amide bonds. The summed E-state index contributed by atoms with van der Waals surface area (Å²) in [6, 6.07) is 7.93. The van der Waals surface area contributed by atoms with Gasteiger partial charge in [0.1, 0.15) is 0 Å². The SMILES string of the molecule is Cc1nc(S[C@@H](C)C(=O)Nc2ccccc2C(C)C)nc(C)c1C. The monoisotopic (exact) mass is 343 g/mol. The lowest BCUT2D eigenvalue weighted by Crippen LogP contribution is -2.23. The molecular formula is C19H25N3OS. The van der Waals surface area contributed by atoms with E-state index in [4.69, 9.17) is 0 Å². The number of thioether (sulfide) groups is 1. The Morgan fingerprint density at radius 3 is 2.21 bits per heavy atom. The molecule has 0 fully saturated rings. The molecule has 4 nitrogen and oxygen atoms in total. The molecule has 0 aliphatic carbocycles. The number of carbonyl (C=O) groups is 1. The van der Waals surface area contributed by atoms with Crippen LogP contribution in [0.4, 0.5) is 5.69 Å². The quantitative estimate of drug-likeness (QED) is 0.634. The summed E-state index contributed by atoms with van der Waals surface area (Å²) < 4.78 is 0. The number of amides is 1. The van der Waals surface area contributed by atoms with E-state index in [9.17, 15) is 4.79 Å². The number of hydrogen-bond donors (Lipinski definition) is 1. The number of anilines is 1. The summed E-state index contributed by atoms with van der Waals surface area (Å²) in [5.74, 6) is 0.322. The van der Waals surface area contributed by atoms with Crippen molar-refractivity contribution in [2.24, 2.45) is 0 Å². The van der Waals surface area contributed by atoms with Gasteiger partial charge >= 0.3 is 0 Å². The molecule has 0 aliphatic heterocycles. The fourth-order valence-corrected chi connectivity index (χ4v) is 3.22. The molecular weight excluding hydrogens is 318 g/mol. The van der Waals surface area contributed by atoms with Crippen molar-refractivity contribution in [2.75, 3.05) is 5.32 Å². The van der Waals surface area contributed by atoms with Crippen LogP contribution in [0, 0.1) is 20.8 Å². The number of nitrogens with zero attached hydrogens (tertiary/aromatic N) is 2. The molecule has 0 saturated heterocycles.